The quantitative estimate of drug-likeness (QED) is 0.604. The van der Waals surface area contributed by atoms with Crippen molar-refractivity contribution in [1.82, 2.24) is 5.32 Å². The summed E-state index contributed by atoms with van der Waals surface area (Å²) in [5.41, 5.74) is 2.29. The van der Waals surface area contributed by atoms with Gasteiger partial charge in [-0.15, -0.1) is 0 Å². The summed E-state index contributed by atoms with van der Waals surface area (Å²) in [6.07, 6.45) is 0.182. The molecule has 7 heteroatoms. The highest BCUT2D eigenvalue weighted by molar-refractivity contribution is 7.53. The number of carbonyl (C=O) groups is 1. The van der Waals surface area contributed by atoms with Gasteiger partial charge in [-0.25, -0.2) is 0 Å². The first kappa shape index (κ1) is 20.7. The van der Waals surface area contributed by atoms with Gasteiger partial charge in [0.25, 0.3) is 5.91 Å². The third-order valence-electron chi connectivity index (χ3n) is 3.61. The van der Waals surface area contributed by atoms with E-state index in [1.54, 1.807) is 50.2 Å². The van der Waals surface area contributed by atoms with E-state index in [2.05, 4.69) is 5.32 Å². The highest BCUT2D eigenvalue weighted by atomic mass is 35.5. The van der Waals surface area contributed by atoms with Crippen LogP contribution in [0.3, 0.4) is 0 Å². The van der Waals surface area contributed by atoms with Crippen molar-refractivity contribution < 1.29 is 18.4 Å². The molecule has 2 aromatic carbocycles. The van der Waals surface area contributed by atoms with Crippen molar-refractivity contribution in [1.29, 1.82) is 0 Å². The Kier molecular flexibility index (Phi) is 7.85. The van der Waals surface area contributed by atoms with Crippen LogP contribution in [0.4, 0.5) is 0 Å². The number of amides is 1. The van der Waals surface area contributed by atoms with E-state index in [9.17, 15) is 9.36 Å². The highest BCUT2D eigenvalue weighted by Gasteiger charge is 2.24. The third kappa shape index (κ3) is 6.26. The van der Waals surface area contributed by atoms with E-state index in [1.165, 1.54) is 0 Å². The van der Waals surface area contributed by atoms with Gasteiger partial charge in [0.1, 0.15) is 0 Å². The number of nitrogens with one attached hydrogen (secondary N) is 1. The predicted octanol–water partition coefficient (Wildman–Crippen LogP) is 5.04. The molecule has 2 aromatic rings. The van der Waals surface area contributed by atoms with Gasteiger partial charge in [0.05, 0.1) is 19.4 Å². The molecule has 0 saturated carbocycles. The molecule has 0 aliphatic rings. The zero-order chi connectivity index (χ0) is 19.0. The van der Waals surface area contributed by atoms with E-state index in [-0.39, 0.29) is 12.1 Å². The molecule has 0 saturated heterocycles. The standard InChI is InChI=1S/C19H23ClNO4P/c1-3-24-26(23,25-4-2)14-16-5-9-17(10-6-16)19(22)21-13-15-7-11-18(20)12-8-15/h5-12H,3-4,13-14H2,1-2H3,(H,21,22). The number of hydrogen-bond donors (Lipinski definition) is 1. The molecule has 2 rings (SSSR count). The van der Waals surface area contributed by atoms with Gasteiger partial charge >= 0.3 is 7.60 Å². The van der Waals surface area contributed by atoms with E-state index in [0.29, 0.717) is 30.3 Å². The monoisotopic (exact) mass is 395 g/mol. The van der Waals surface area contributed by atoms with Crippen LogP contribution in [-0.4, -0.2) is 19.1 Å². The fourth-order valence-corrected chi connectivity index (χ4v) is 4.22. The van der Waals surface area contributed by atoms with Crippen molar-refractivity contribution in [3.8, 4) is 0 Å². The Morgan fingerprint density at radius 1 is 0.962 bits per heavy atom. The lowest BCUT2D eigenvalue weighted by Gasteiger charge is -2.17. The fraction of sp³-hybridized carbons (Fsp3) is 0.316. The normalized spacial score (nSPS) is 11.3. The van der Waals surface area contributed by atoms with Gasteiger partial charge in [0, 0.05) is 17.1 Å². The minimum Gasteiger partial charge on any atom is -0.348 e. The Labute approximate surface area is 159 Å². The van der Waals surface area contributed by atoms with Gasteiger partial charge in [0.15, 0.2) is 0 Å². The molecule has 0 atom stereocenters. The van der Waals surface area contributed by atoms with Crippen molar-refractivity contribution in [2.45, 2.75) is 26.6 Å². The SMILES string of the molecule is CCOP(=O)(Cc1ccc(C(=O)NCc2ccc(Cl)cc2)cc1)OCC. The van der Waals surface area contributed by atoms with Crippen molar-refractivity contribution >= 4 is 25.1 Å². The minimum atomic E-state index is -3.15. The van der Waals surface area contributed by atoms with E-state index in [0.717, 1.165) is 11.1 Å². The van der Waals surface area contributed by atoms with Crippen molar-refractivity contribution in [3.63, 3.8) is 0 Å². The molecule has 0 unspecified atom stereocenters. The third-order valence-corrected chi connectivity index (χ3v) is 5.92. The first-order valence-electron chi connectivity index (χ1n) is 8.45. The van der Waals surface area contributed by atoms with Gasteiger partial charge in [0.2, 0.25) is 0 Å². The number of carbonyl (C=O) groups excluding carboxylic acids is 1. The van der Waals surface area contributed by atoms with Crippen molar-refractivity contribution in [2.75, 3.05) is 13.2 Å². The molecule has 0 bridgehead atoms. The first-order valence-corrected chi connectivity index (χ1v) is 10.6. The molecule has 0 aliphatic heterocycles. The highest BCUT2D eigenvalue weighted by Crippen LogP contribution is 2.51. The lowest BCUT2D eigenvalue weighted by atomic mass is 10.1. The molecular weight excluding hydrogens is 373 g/mol. The van der Waals surface area contributed by atoms with Crippen LogP contribution in [0.25, 0.3) is 0 Å². The summed E-state index contributed by atoms with van der Waals surface area (Å²) in [5.74, 6) is -0.177. The minimum absolute atomic E-state index is 0.177. The molecule has 140 valence electrons. The lowest BCUT2D eigenvalue weighted by Crippen LogP contribution is -2.22. The van der Waals surface area contributed by atoms with Crippen LogP contribution in [0, 0.1) is 0 Å². The Morgan fingerprint density at radius 2 is 1.50 bits per heavy atom. The summed E-state index contributed by atoms with van der Waals surface area (Å²) in [6.45, 7) is 4.62. The molecular formula is C19H23ClNO4P. The second-order valence-electron chi connectivity index (χ2n) is 5.61. The maximum Gasteiger partial charge on any atom is 0.335 e. The average Bonchev–Trinajstić information content (AvgIpc) is 2.62. The summed E-state index contributed by atoms with van der Waals surface area (Å²) in [4.78, 5) is 12.2. The largest absolute Gasteiger partial charge is 0.348 e. The van der Waals surface area contributed by atoms with Crippen LogP contribution < -0.4 is 5.32 Å². The van der Waals surface area contributed by atoms with Gasteiger partial charge in [-0.1, -0.05) is 35.9 Å². The number of halogens is 1. The number of hydrogen-bond acceptors (Lipinski definition) is 4. The Morgan fingerprint density at radius 3 is 2.04 bits per heavy atom. The molecule has 0 aliphatic carbocycles. The maximum atomic E-state index is 12.6. The zero-order valence-corrected chi connectivity index (χ0v) is 16.6. The van der Waals surface area contributed by atoms with Crippen LogP contribution in [0.2, 0.25) is 5.02 Å². The van der Waals surface area contributed by atoms with Crippen LogP contribution in [0.15, 0.2) is 48.5 Å². The van der Waals surface area contributed by atoms with Crippen LogP contribution in [0.1, 0.15) is 35.3 Å². The second-order valence-corrected chi connectivity index (χ2v) is 8.10. The lowest BCUT2D eigenvalue weighted by molar-refractivity contribution is 0.0951. The summed E-state index contributed by atoms with van der Waals surface area (Å²) < 4.78 is 23.1. The first-order chi connectivity index (χ1) is 12.5. The van der Waals surface area contributed by atoms with E-state index in [1.807, 2.05) is 12.1 Å². The van der Waals surface area contributed by atoms with Crippen molar-refractivity contribution in [2.24, 2.45) is 0 Å². The van der Waals surface area contributed by atoms with E-state index in [4.69, 9.17) is 20.6 Å². The molecule has 1 N–H and O–H groups in total. The zero-order valence-electron chi connectivity index (χ0n) is 14.9. The Bertz CT molecular complexity index is 752. The molecule has 0 aromatic heterocycles. The maximum absolute atomic E-state index is 12.6. The molecule has 1 amide bonds. The Balaban J connectivity index is 1.96. The molecule has 26 heavy (non-hydrogen) atoms. The topological polar surface area (TPSA) is 64.6 Å². The Hall–Kier alpha value is -1.65. The van der Waals surface area contributed by atoms with E-state index < -0.39 is 7.60 Å². The summed E-state index contributed by atoms with van der Waals surface area (Å²) in [7, 11) is -3.15. The van der Waals surface area contributed by atoms with Gasteiger partial charge in [-0.2, -0.15) is 0 Å². The fourth-order valence-electron chi connectivity index (χ4n) is 2.39. The van der Waals surface area contributed by atoms with Crippen LogP contribution in [-0.2, 0) is 26.3 Å². The van der Waals surface area contributed by atoms with Gasteiger partial charge < -0.3 is 14.4 Å². The van der Waals surface area contributed by atoms with Crippen LogP contribution in [0.5, 0.6) is 0 Å². The molecule has 0 spiro atoms. The molecule has 0 heterocycles. The number of benzene rings is 2. The molecule has 5 nitrogen and oxygen atoms in total. The molecule has 0 radical (unpaired) electrons. The van der Waals surface area contributed by atoms with Gasteiger partial charge in [-0.05, 0) is 49.2 Å². The molecule has 0 fully saturated rings. The predicted molar refractivity (Wildman–Crippen MR) is 104 cm³/mol. The van der Waals surface area contributed by atoms with Crippen molar-refractivity contribution in [3.05, 3.63) is 70.2 Å². The van der Waals surface area contributed by atoms with E-state index >= 15 is 0 Å². The van der Waals surface area contributed by atoms with Crippen LogP contribution >= 0.6 is 19.2 Å². The number of rotatable bonds is 9. The summed E-state index contributed by atoms with van der Waals surface area (Å²) in [5, 5.41) is 3.52. The average molecular weight is 396 g/mol. The summed E-state index contributed by atoms with van der Waals surface area (Å²) >= 11 is 5.85. The van der Waals surface area contributed by atoms with Gasteiger partial charge in [-0.3, -0.25) is 9.36 Å². The summed E-state index contributed by atoms with van der Waals surface area (Å²) in [6, 6.07) is 14.2. The smallest absolute Gasteiger partial charge is 0.335 e. The second kappa shape index (κ2) is 9.89.